The number of aryl methyl sites for hydroxylation is 4. The van der Waals surface area contributed by atoms with E-state index in [9.17, 15) is 0 Å². The van der Waals surface area contributed by atoms with Gasteiger partial charge in [-0.25, -0.2) is 0 Å². The molecule has 2 heterocycles. The van der Waals surface area contributed by atoms with Crippen LogP contribution in [-0.4, -0.2) is 50.5 Å². The van der Waals surface area contributed by atoms with Crippen LogP contribution in [0, 0.1) is 27.7 Å². The molecule has 0 saturated carbocycles. The minimum Gasteiger partial charge on any atom is -1.00 e. The third-order valence-corrected chi connectivity index (χ3v) is 18.2. The maximum Gasteiger partial charge on any atom is 2.00 e. The van der Waals surface area contributed by atoms with E-state index in [2.05, 4.69) is 39.8 Å². The smallest absolute Gasteiger partial charge is 1.00 e. The second-order valence-corrected chi connectivity index (χ2v) is 17.1. The van der Waals surface area contributed by atoms with Gasteiger partial charge in [-0.2, -0.15) is 0 Å². The van der Waals surface area contributed by atoms with Gasteiger partial charge in [-0.1, -0.05) is 0 Å². The van der Waals surface area contributed by atoms with E-state index in [1.54, 1.807) is 17.7 Å². The van der Waals surface area contributed by atoms with Gasteiger partial charge in [0, 0.05) is 0 Å². The normalized spacial score (nSPS) is 6.95. The summed E-state index contributed by atoms with van der Waals surface area (Å²) in [4.78, 5) is 0. The van der Waals surface area contributed by atoms with Gasteiger partial charge in [-0.05, 0) is 0 Å². The van der Waals surface area contributed by atoms with Crippen LogP contribution >= 0.6 is 0 Å². The molecule has 0 atom stereocenters. The van der Waals surface area contributed by atoms with Crippen molar-refractivity contribution in [3.8, 4) is 0 Å². The van der Waals surface area contributed by atoms with Crippen LogP contribution in [0.2, 0.25) is 0 Å². The topological polar surface area (TPSA) is 0 Å². The van der Waals surface area contributed by atoms with Gasteiger partial charge in [0.2, 0.25) is 0 Å². The van der Waals surface area contributed by atoms with Crippen LogP contribution in [-0.2, 0) is 16.8 Å². The van der Waals surface area contributed by atoms with Crippen molar-refractivity contribution in [1.29, 1.82) is 0 Å². The fourth-order valence-electron chi connectivity index (χ4n) is 0.932. The van der Waals surface area contributed by atoms with Gasteiger partial charge in [0.1, 0.15) is 0 Å². The summed E-state index contributed by atoms with van der Waals surface area (Å²) in [5.41, 5.74) is 0. The van der Waals surface area contributed by atoms with E-state index >= 15 is 0 Å². The summed E-state index contributed by atoms with van der Waals surface area (Å²) in [5.74, 6) is 0. The average Bonchev–Trinajstić information content (AvgIpc) is 2.63. The van der Waals surface area contributed by atoms with E-state index < -0.39 is 0 Å². The predicted molar refractivity (Wildman–Crippen MR) is 68.4 cm³/mol. The first-order valence-electron chi connectivity index (χ1n) is 4.30. The Labute approximate surface area is 172 Å². The van der Waals surface area contributed by atoms with E-state index in [1.165, 1.54) is 0 Å². The van der Waals surface area contributed by atoms with Crippen molar-refractivity contribution in [3.05, 3.63) is 29.9 Å². The molecule has 1 radical (unpaired) electrons. The third kappa shape index (κ3) is 17.2. The van der Waals surface area contributed by atoms with Crippen LogP contribution in [0.15, 0.2) is 12.1 Å². The predicted octanol–water partition coefficient (Wildman–Crippen LogP) is -10.6. The van der Waals surface area contributed by atoms with Crippen molar-refractivity contribution in [1.82, 2.24) is 0 Å². The van der Waals surface area contributed by atoms with Crippen LogP contribution < -0.4 is 49.6 Å². The van der Waals surface area contributed by atoms with Crippen molar-refractivity contribution in [2.75, 3.05) is 0 Å². The summed E-state index contributed by atoms with van der Waals surface area (Å²) >= 11 is 3.54. The Morgan fingerprint density at radius 2 is 0.947 bits per heavy atom. The Bertz CT molecular complexity index is 334. The molecule has 2 rings (SSSR count). The molecule has 0 nitrogen and oxygen atoms in total. The molecule has 0 bridgehead atoms. The van der Waals surface area contributed by atoms with Crippen molar-refractivity contribution in [2.24, 2.45) is 0 Å². The molecule has 2 aromatic heterocycles. The molecule has 2 aromatic rings. The molecule has 115 valence electrons. The average molecular weight is 651 g/mol. The monoisotopic (exact) mass is 653 g/mol. The summed E-state index contributed by atoms with van der Waals surface area (Å²) in [5, 5.41) is 0. The largest absolute Gasteiger partial charge is 2.00 e. The Balaban J connectivity index is -0.0000000544. The first-order valence-corrected chi connectivity index (χ1v) is 16.4. The van der Waals surface area contributed by atoms with Crippen molar-refractivity contribution in [2.45, 2.75) is 27.7 Å². The second-order valence-electron chi connectivity index (χ2n) is 3.06. The summed E-state index contributed by atoms with van der Waals surface area (Å²) in [6, 6.07) is 4.67. The minimum atomic E-state index is 0. The van der Waals surface area contributed by atoms with Crippen LogP contribution in [0.1, 0.15) is 17.7 Å². The zero-order valence-corrected chi connectivity index (χ0v) is 21.5. The quantitative estimate of drug-likeness (QED) is 0.249. The van der Waals surface area contributed by atoms with E-state index in [0.717, 1.165) is 50.5 Å². The van der Waals surface area contributed by atoms with E-state index in [1.807, 2.05) is 0 Å². The SMILES string of the molecule is Cc1cc(C)[se+][se]1.Cc1cc(C)[se+][se]1.[Cl-].[Cl-].[Cl-].[Cl-].[Co+2]. The standard InChI is InChI=1S/2C5H7Se2.4ClH.Co/c2*1-4-3-5(2)7-6-4;;;;;/h2*3H,1-2H3;4*1H;/q2*+1;;;;;+2/p-4. The van der Waals surface area contributed by atoms with Crippen LogP contribution in [0.5, 0.6) is 0 Å². The molecule has 0 amide bonds. The Hall–Kier alpha value is 2.96. The molecular formula is C10H14Cl4CoSe4. The summed E-state index contributed by atoms with van der Waals surface area (Å²) in [7, 11) is 0. The van der Waals surface area contributed by atoms with Crippen molar-refractivity contribution < 1.29 is 66.4 Å². The summed E-state index contributed by atoms with van der Waals surface area (Å²) in [6.45, 7) is 8.94. The van der Waals surface area contributed by atoms with E-state index in [4.69, 9.17) is 0 Å². The molecule has 0 aliphatic carbocycles. The molecule has 0 saturated heterocycles. The number of hydrogen-bond donors (Lipinski definition) is 0. The Morgan fingerprint density at radius 1 is 0.684 bits per heavy atom. The molecule has 9 heteroatoms. The first-order chi connectivity index (χ1) is 6.58. The van der Waals surface area contributed by atoms with Crippen LogP contribution in [0.3, 0.4) is 0 Å². The molecule has 0 unspecified atom stereocenters. The maximum absolute atomic E-state index is 2.33. The third-order valence-electron chi connectivity index (χ3n) is 1.42. The van der Waals surface area contributed by atoms with Gasteiger partial charge in [0.05, 0.1) is 0 Å². The molecular weight excluding hydrogens is 637 g/mol. The number of halogens is 4. The molecule has 0 fully saturated rings. The van der Waals surface area contributed by atoms with Crippen LogP contribution in [0.25, 0.3) is 0 Å². The fourth-order valence-corrected chi connectivity index (χ4v) is 12.5. The summed E-state index contributed by atoms with van der Waals surface area (Å²) < 4.78 is 6.52. The first kappa shape index (κ1) is 33.5. The minimum absolute atomic E-state index is 0. The van der Waals surface area contributed by atoms with Gasteiger partial charge >= 0.3 is 125 Å². The van der Waals surface area contributed by atoms with Gasteiger partial charge < -0.3 is 49.6 Å². The molecule has 0 spiro atoms. The molecule has 0 aliphatic heterocycles. The summed E-state index contributed by atoms with van der Waals surface area (Å²) in [6.07, 6.45) is 0. The number of hydrogen-bond acceptors (Lipinski definition) is 0. The van der Waals surface area contributed by atoms with E-state index in [-0.39, 0.29) is 66.4 Å². The van der Waals surface area contributed by atoms with Crippen molar-refractivity contribution in [3.63, 3.8) is 0 Å². The van der Waals surface area contributed by atoms with Crippen molar-refractivity contribution >= 4 is 50.5 Å². The number of rotatable bonds is 0. The molecule has 19 heavy (non-hydrogen) atoms. The van der Waals surface area contributed by atoms with Gasteiger partial charge in [0.25, 0.3) is 0 Å². The zero-order valence-electron chi connectivity index (χ0n) is 10.6. The Morgan fingerprint density at radius 3 is 1.00 bits per heavy atom. The fraction of sp³-hybridized carbons (Fsp3) is 0.400. The molecule has 0 aromatic carbocycles. The van der Waals surface area contributed by atoms with E-state index in [0.29, 0.717) is 0 Å². The van der Waals surface area contributed by atoms with Crippen LogP contribution in [0.4, 0.5) is 0 Å². The van der Waals surface area contributed by atoms with Gasteiger partial charge in [0.15, 0.2) is 0 Å². The molecule has 0 N–H and O–H groups in total. The van der Waals surface area contributed by atoms with Gasteiger partial charge in [-0.15, -0.1) is 0 Å². The molecule has 0 aliphatic rings. The van der Waals surface area contributed by atoms with Gasteiger partial charge in [-0.3, -0.25) is 0 Å². The second kappa shape index (κ2) is 19.0. The Kier molecular flexibility index (Phi) is 33.6. The zero-order chi connectivity index (χ0) is 10.6. The maximum atomic E-state index is 2.33.